The van der Waals surface area contributed by atoms with Crippen LogP contribution in [-0.4, -0.2) is 27.9 Å². The Morgan fingerprint density at radius 3 is 2.70 bits per heavy atom. The third-order valence-electron chi connectivity index (χ3n) is 1.03. The van der Waals surface area contributed by atoms with Gasteiger partial charge in [-0.3, -0.25) is 4.79 Å². The molecule has 0 bridgehead atoms. The molecule has 1 aromatic rings. The third kappa shape index (κ3) is 1.54. The largest absolute Gasteiger partial charge is 0.358 e. The minimum atomic E-state index is -0.101. The van der Waals surface area contributed by atoms with Gasteiger partial charge in [0.05, 0.1) is 12.4 Å². The number of carbonyl (C=O) groups is 1. The third-order valence-corrected chi connectivity index (χ3v) is 1.03. The number of hydrogen-bond acceptors (Lipinski definition) is 3. The van der Waals surface area contributed by atoms with Crippen LogP contribution in [0.25, 0.3) is 0 Å². The molecule has 0 fully saturated rings. The van der Waals surface area contributed by atoms with Crippen molar-refractivity contribution in [3.05, 3.63) is 12.4 Å². The van der Waals surface area contributed by atoms with Crippen LogP contribution in [0.15, 0.2) is 12.4 Å². The van der Waals surface area contributed by atoms with E-state index in [9.17, 15) is 4.79 Å². The fourth-order valence-corrected chi connectivity index (χ4v) is 0.533. The Hall–Kier alpha value is -1.39. The van der Waals surface area contributed by atoms with Crippen molar-refractivity contribution in [2.45, 2.75) is 6.54 Å². The highest BCUT2D eigenvalue weighted by molar-refractivity contribution is 5.74. The predicted molar refractivity (Wildman–Crippen MR) is 34.1 cm³/mol. The van der Waals surface area contributed by atoms with Crippen LogP contribution in [0.1, 0.15) is 0 Å². The predicted octanol–water partition coefficient (Wildman–Crippen LogP) is -0.976. The lowest BCUT2D eigenvalue weighted by molar-refractivity contribution is -0.121. The minimum Gasteiger partial charge on any atom is -0.358 e. The lowest BCUT2D eigenvalue weighted by Gasteiger charge is -1.96. The van der Waals surface area contributed by atoms with Gasteiger partial charge in [0.15, 0.2) is 0 Å². The molecule has 0 aromatic carbocycles. The van der Waals surface area contributed by atoms with Gasteiger partial charge < -0.3 is 5.32 Å². The monoisotopic (exact) mass is 140 g/mol. The average Bonchev–Trinajstić information content (AvgIpc) is 2.40. The Kier molecular flexibility index (Phi) is 1.99. The molecule has 1 amide bonds. The van der Waals surface area contributed by atoms with E-state index in [4.69, 9.17) is 0 Å². The first-order valence-corrected chi connectivity index (χ1v) is 2.87. The Morgan fingerprint density at radius 2 is 2.20 bits per heavy atom. The van der Waals surface area contributed by atoms with E-state index in [0.717, 1.165) is 0 Å². The lowest BCUT2D eigenvalue weighted by atomic mass is 10.6. The number of nitrogens with one attached hydrogen (secondary N) is 1. The Balaban J connectivity index is 2.48. The summed E-state index contributed by atoms with van der Waals surface area (Å²) in [5.41, 5.74) is 0. The van der Waals surface area contributed by atoms with E-state index in [1.807, 2.05) is 0 Å². The van der Waals surface area contributed by atoms with Gasteiger partial charge in [0.25, 0.3) is 0 Å². The summed E-state index contributed by atoms with van der Waals surface area (Å²) in [5.74, 6) is -0.101. The molecule has 10 heavy (non-hydrogen) atoms. The van der Waals surface area contributed by atoms with Gasteiger partial charge in [-0.05, 0) is 0 Å². The zero-order valence-electron chi connectivity index (χ0n) is 5.61. The number of nitrogens with zero attached hydrogens (tertiary/aromatic N) is 3. The van der Waals surface area contributed by atoms with Crippen LogP contribution < -0.4 is 5.32 Å². The molecule has 5 nitrogen and oxygen atoms in total. The number of carbonyl (C=O) groups excluding carboxylic acids is 1. The molecule has 0 aliphatic carbocycles. The van der Waals surface area contributed by atoms with Gasteiger partial charge in [-0.1, -0.05) is 0 Å². The molecule has 1 N–H and O–H groups in total. The van der Waals surface area contributed by atoms with Crippen LogP contribution in [0.2, 0.25) is 0 Å². The van der Waals surface area contributed by atoms with Crippen LogP contribution >= 0.6 is 0 Å². The molecule has 1 rings (SSSR count). The number of likely N-dealkylation sites (N-methyl/N-ethyl adjacent to an activating group) is 1. The second-order valence-corrected chi connectivity index (χ2v) is 1.73. The fraction of sp³-hybridized carbons (Fsp3) is 0.400. The molecule has 0 spiro atoms. The SMILES string of the molecule is CNC(=O)Cn1nccn1. The standard InChI is InChI=1S/C5H8N4O/c1-6-5(10)4-9-7-2-3-8-9/h2-3H,4H2,1H3,(H,6,10). The van der Waals surface area contributed by atoms with E-state index < -0.39 is 0 Å². The molecule has 0 aliphatic rings. The van der Waals surface area contributed by atoms with Crippen LogP contribution in [0, 0.1) is 0 Å². The molecule has 1 aromatic heterocycles. The van der Waals surface area contributed by atoms with Crippen molar-refractivity contribution in [3.63, 3.8) is 0 Å². The number of aromatic nitrogens is 3. The second-order valence-electron chi connectivity index (χ2n) is 1.73. The summed E-state index contributed by atoms with van der Waals surface area (Å²) in [6.07, 6.45) is 3.06. The van der Waals surface area contributed by atoms with Crippen molar-refractivity contribution in [2.24, 2.45) is 0 Å². The van der Waals surface area contributed by atoms with Gasteiger partial charge in [0, 0.05) is 7.05 Å². The molecule has 0 unspecified atom stereocenters. The summed E-state index contributed by atoms with van der Waals surface area (Å²) in [5, 5.41) is 9.96. The molecular formula is C5H8N4O. The highest BCUT2D eigenvalue weighted by atomic mass is 16.2. The van der Waals surface area contributed by atoms with E-state index in [1.165, 1.54) is 17.2 Å². The van der Waals surface area contributed by atoms with E-state index >= 15 is 0 Å². The summed E-state index contributed by atoms with van der Waals surface area (Å²) in [6.45, 7) is 0.184. The van der Waals surface area contributed by atoms with Crippen molar-refractivity contribution in [2.75, 3.05) is 7.05 Å². The molecule has 0 saturated carbocycles. The summed E-state index contributed by atoms with van der Waals surface area (Å²) in [6, 6.07) is 0. The first-order valence-electron chi connectivity index (χ1n) is 2.87. The normalized spacial score (nSPS) is 9.30. The highest BCUT2D eigenvalue weighted by Gasteiger charge is 1.98. The summed E-state index contributed by atoms with van der Waals surface area (Å²) in [7, 11) is 1.58. The van der Waals surface area contributed by atoms with Gasteiger partial charge in [-0.25, -0.2) is 0 Å². The highest BCUT2D eigenvalue weighted by Crippen LogP contribution is 1.76. The smallest absolute Gasteiger partial charge is 0.243 e. The Morgan fingerprint density at radius 1 is 1.60 bits per heavy atom. The van der Waals surface area contributed by atoms with Crippen LogP contribution in [0.4, 0.5) is 0 Å². The van der Waals surface area contributed by atoms with Gasteiger partial charge >= 0.3 is 0 Å². The zero-order chi connectivity index (χ0) is 7.40. The van der Waals surface area contributed by atoms with Gasteiger partial charge in [0.1, 0.15) is 6.54 Å². The fourth-order valence-electron chi connectivity index (χ4n) is 0.533. The number of rotatable bonds is 2. The molecular weight excluding hydrogens is 132 g/mol. The molecule has 0 aliphatic heterocycles. The molecule has 54 valence electrons. The lowest BCUT2D eigenvalue weighted by Crippen LogP contribution is -2.24. The maximum Gasteiger partial charge on any atom is 0.243 e. The van der Waals surface area contributed by atoms with Crippen molar-refractivity contribution < 1.29 is 4.79 Å². The molecule has 0 saturated heterocycles. The molecule has 0 atom stereocenters. The first kappa shape index (κ1) is 6.73. The molecule has 5 heteroatoms. The van der Waals surface area contributed by atoms with Gasteiger partial charge in [0.2, 0.25) is 5.91 Å². The summed E-state index contributed by atoms with van der Waals surface area (Å²) in [4.78, 5) is 12.0. The van der Waals surface area contributed by atoms with E-state index in [2.05, 4.69) is 15.5 Å². The average molecular weight is 140 g/mol. The van der Waals surface area contributed by atoms with E-state index in [-0.39, 0.29) is 12.5 Å². The molecule has 0 radical (unpaired) electrons. The quantitative estimate of drug-likeness (QED) is 0.574. The topological polar surface area (TPSA) is 59.8 Å². The van der Waals surface area contributed by atoms with Crippen molar-refractivity contribution in [3.8, 4) is 0 Å². The summed E-state index contributed by atoms with van der Waals surface area (Å²) >= 11 is 0. The van der Waals surface area contributed by atoms with Crippen molar-refractivity contribution >= 4 is 5.91 Å². The van der Waals surface area contributed by atoms with E-state index in [0.29, 0.717) is 0 Å². The summed E-state index contributed by atoms with van der Waals surface area (Å²) < 4.78 is 0. The van der Waals surface area contributed by atoms with E-state index in [1.54, 1.807) is 7.05 Å². The minimum absolute atomic E-state index is 0.101. The second kappa shape index (κ2) is 2.95. The number of hydrogen-bond donors (Lipinski definition) is 1. The zero-order valence-corrected chi connectivity index (χ0v) is 5.61. The van der Waals surface area contributed by atoms with Crippen LogP contribution in [-0.2, 0) is 11.3 Å². The van der Waals surface area contributed by atoms with Crippen LogP contribution in [0.3, 0.4) is 0 Å². The molecule has 1 heterocycles. The van der Waals surface area contributed by atoms with Gasteiger partial charge in [-0.2, -0.15) is 15.0 Å². The maximum absolute atomic E-state index is 10.7. The van der Waals surface area contributed by atoms with Crippen LogP contribution in [0.5, 0.6) is 0 Å². The van der Waals surface area contributed by atoms with Crippen molar-refractivity contribution in [1.29, 1.82) is 0 Å². The number of amides is 1. The Labute approximate surface area is 58.0 Å². The van der Waals surface area contributed by atoms with Crippen molar-refractivity contribution in [1.82, 2.24) is 20.3 Å². The maximum atomic E-state index is 10.7. The van der Waals surface area contributed by atoms with Gasteiger partial charge in [-0.15, -0.1) is 0 Å². The Bertz CT molecular complexity index is 205. The first-order chi connectivity index (χ1) is 4.83.